The molecule has 0 spiro atoms. The van der Waals surface area contributed by atoms with E-state index in [9.17, 15) is 18.0 Å². The summed E-state index contributed by atoms with van der Waals surface area (Å²) in [6.07, 6.45) is -3.32. The fourth-order valence-corrected chi connectivity index (χ4v) is 2.27. The number of halogens is 3. The first kappa shape index (κ1) is 16.5. The van der Waals surface area contributed by atoms with E-state index in [0.717, 1.165) is 0 Å². The Bertz CT molecular complexity index is 509. The molecule has 0 bridgehead atoms. The molecule has 0 saturated carbocycles. The van der Waals surface area contributed by atoms with Crippen molar-refractivity contribution in [2.45, 2.75) is 32.2 Å². The number of carbonyl (C=O) groups excluding carboxylic acids is 1. The Hall–Kier alpha value is -1.83. The van der Waals surface area contributed by atoms with Crippen LogP contribution in [0.5, 0.6) is 5.88 Å². The van der Waals surface area contributed by atoms with Gasteiger partial charge in [-0.3, -0.25) is 4.79 Å². The van der Waals surface area contributed by atoms with Gasteiger partial charge in [-0.25, -0.2) is 4.98 Å². The van der Waals surface area contributed by atoms with E-state index in [1.165, 1.54) is 18.3 Å². The van der Waals surface area contributed by atoms with Gasteiger partial charge in [-0.15, -0.1) is 0 Å². The number of nitrogens with zero attached hydrogens (tertiary/aromatic N) is 2. The molecule has 1 amide bonds. The normalized spacial score (nSPS) is 22.5. The van der Waals surface area contributed by atoms with Crippen LogP contribution in [0.25, 0.3) is 0 Å². The van der Waals surface area contributed by atoms with Gasteiger partial charge < -0.3 is 14.4 Å². The van der Waals surface area contributed by atoms with Crippen molar-refractivity contribution in [3.63, 3.8) is 0 Å². The highest BCUT2D eigenvalue weighted by atomic mass is 19.4. The molecule has 1 aromatic heterocycles. The maximum atomic E-state index is 12.3. The zero-order valence-corrected chi connectivity index (χ0v) is 12.3. The van der Waals surface area contributed by atoms with Crippen LogP contribution in [-0.2, 0) is 4.74 Å². The van der Waals surface area contributed by atoms with Crippen LogP contribution >= 0.6 is 0 Å². The Balaban J connectivity index is 1.99. The summed E-state index contributed by atoms with van der Waals surface area (Å²) in [5.74, 6) is -0.394. The summed E-state index contributed by atoms with van der Waals surface area (Å²) in [6, 6.07) is 2.66. The van der Waals surface area contributed by atoms with Gasteiger partial charge in [0.05, 0.1) is 17.8 Å². The molecule has 2 heterocycles. The van der Waals surface area contributed by atoms with Crippen molar-refractivity contribution in [3.8, 4) is 5.88 Å². The van der Waals surface area contributed by atoms with Gasteiger partial charge in [0.15, 0.2) is 6.61 Å². The van der Waals surface area contributed by atoms with Crippen LogP contribution in [0.15, 0.2) is 18.3 Å². The number of amides is 1. The maximum absolute atomic E-state index is 12.3. The van der Waals surface area contributed by atoms with Crippen LogP contribution < -0.4 is 4.74 Å². The Kier molecular flexibility index (Phi) is 4.90. The standard InChI is InChI=1S/C14H17F3N2O3/c1-9-6-19(7-10(2)22-9)13(20)11-3-4-12(18-5-11)21-8-14(15,16)17/h3-5,9-10H,6-8H2,1-2H3. The van der Waals surface area contributed by atoms with E-state index in [-0.39, 0.29) is 24.0 Å². The molecular weight excluding hydrogens is 301 g/mol. The molecule has 1 saturated heterocycles. The lowest BCUT2D eigenvalue weighted by atomic mass is 10.2. The van der Waals surface area contributed by atoms with Gasteiger partial charge in [0.2, 0.25) is 5.88 Å². The van der Waals surface area contributed by atoms with Crippen LogP contribution in [0.3, 0.4) is 0 Å². The third kappa shape index (κ3) is 4.59. The molecule has 0 aliphatic carbocycles. The van der Waals surface area contributed by atoms with Crippen molar-refractivity contribution >= 4 is 5.91 Å². The van der Waals surface area contributed by atoms with E-state index < -0.39 is 12.8 Å². The number of morpholine rings is 1. The first-order chi connectivity index (χ1) is 10.2. The van der Waals surface area contributed by atoms with Crippen molar-refractivity contribution in [3.05, 3.63) is 23.9 Å². The zero-order valence-electron chi connectivity index (χ0n) is 12.3. The van der Waals surface area contributed by atoms with Crippen molar-refractivity contribution < 1.29 is 27.4 Å². The summed E-state index contributed by atoms with van der Waals surface area (Å²) in [4.78, 5) is 17.7. The molecule has 1 aliphatic heterocycles. The lowest BCUT2D eigenvalue weighted by Crippen LogP contribution is -2.48. The van der Waals surface area contributed by atoms with Crippen LogP contribution in [0.4, 0.5) is 13.2 Å². The van der Waals surface area contributed by atoms with Crippen LogP contribution in [0.2, 0.25) is 0 Å². The van der Waals surface area contributed by atoms with Crippen molar-refractivity contribution in [2.75, 3.05) is 19.7 Å². The molecule has 2 unspecified atom stereocenters. The first-order valence-corrected chi connectivity index (χ1v) is 6.85. The average molecular weight is 318 g/mol. The number of carbonyl (C=O) groups is 1. The van der Waals surface area contributed by atoms with Crippen molar-refractivity contribution in [2.24, 2.45) is 0 Å². The molecule has 0 N–H and O–H groups in total. The molecule has 1 aliphatic rings. The van der Waals surface area contributed by atoms with E-state index in [2.05, 4.69) is 9.72 Å². The van der Waals surface area contributed by atoms with Crippen LogP contribution in [0, 0.1) is 0 Å². The Morgan fingerprint density at radius 1 is 1.36 bits per heavy atom. The highest BCUT2D eigenvalue weighted by molar-refractivity contribution is 5.94. The Morgan fingerprint density at radius 2 is 2.00 bits per heavy atom. The predicted molar refractivity (Wildman–Crippen MR) is 71.7 cm³/mol. The van der Waals surface area contributed by atoms with Gasteiger partial charge in [-0.05, 0) is 19.9 Å². The minimum absolute atomic E-state index is 0.0601. The second-order valence-corrected chi connectivity index (χ2v) is 5.26. The second kappa shape index (κ2) is 6.51. The van der Waals surface area contributed by atoms with Gasteiger partial charge in [-0.1, -0.05) is 0 Å². The van der Waals surface area contributed by atoms with Gasteiger partial charge in [0, 0.05) is 25.4 Å². The molecule has 22 heavy (non-hydrogen) atoms. The van der Waals surface area contributed by atoms with Crippen LogP contribution in [0.1, 0.15) is 24.2 Å². The summed E-state index contributed by atoms with van der Waals surface area (Å²) in [6.45, 7) is 3.28. The molecule has 122 valence electrons. The molecule has 8 heteroatoms. The topological polar surface area (TPSA) is 51.7 Å². The summed E-state index contributed by atoms with van der Waals surface area (Å²) in [5.41, 5.74) is 0.306. The number of ether oxygens (including phenoxy) is 2. The third-order valence-electron chi connectivity index (χ3n) is 3.07. The number of aromatic nitrogens is 1. The highest BCUT2D eigenvalue weighted by Gasteiger charge is 2.29. The number of hydrogen-bond acceptors (Lipinski definition) is 4. The van der Waals surface area contributed by atoms with Gasteiger partial charge >= 0.3 is 6.18 Å². The number of rotatable bonds is 3. The van der Waals surface area contributed by atoms with E-state index >= 15 is 0 Å². The summed E-state index contributed by atoms with van der Waals surface area (Å²) in [7, 11) is 0. The predicted octanol–water partition coefficient (Wildman–Crippen LogP) is 2.27. The quantitative estimate of drug-likeness (QED) is 0.858. The Labute approximate surface area is 126 Å². The van der Waals surface area contributed by atoms with Crippen LogP contribution in [-0.4, -0.2) is 53.9 Å². The van der Waals surface area contributed by atoms with E-state index in [1.807, 2.05) is 13.8 Å². The average Bonchev–Trinajstić information content (AvgIpc) is 2.43. The lowest BCUT2D eigenvalue weighted by molar-refractivity contribution is -0.154. The monoisotopic (exact) mass is 318 g/mol. The minimum Gasteiger partial charge on any atom is -0.468 e. The minimum atomic E-state index is -4.42. The second-order valence-electron chi connectivity index (χ2n) is 5.26. The largest absolute Gasteiger partial charge is 0.468 e. The third-order valence-corrected chi connectivity index (χ3v) is 3.07. The summed E-state index contributed by atoms with van der Waals surface area (Å²) in [5, 5.41) is 0. The summed E-state index contributed by atoms with van der Waals surface area (Å²) < 4.78 is 46.2. The van der Waals surface area contributed by atoms with Gasteiger partial charge in [0.1, 0.15) is 0 Å². The maximum Gasteiger partial charge on any atom is 0.422 e. The molecule has 1 aromatic rings. The van der Waals surface area contributed by atoms with Crippen molar-refractivity contribution in [1.82, 2.24) is 9.88 Å². The fraction of sp³-hybridized carbons (Fsp3) is 0.571. The number of alkyl halides is 3. The highest BCUT2D eigenvalue weighted by Crippen LogP contribution is 2.18. The van der Waals surface area contributed by atoms with E-state index in [0.29, 0.717) is 18.7 Å². The molecular formula is C14H17F3N2O3. The van der Waals surface area contributed by atoms with E-state index in [4.69, 9.17) is 4.74 Å². The first-order valence-electron chi connectivity index (χ1n) is 6.85. The Morgan fingerprint density at radius 3 is 2.50 bits per heavy atom. The molecule has 1 fully saturated rings. The molecule has 5 nitrogen and oxygen atoms in total. The molecule has 0 aromatic carbocycles. The van der Waals surface area contributed by atoms with Crippen molar-refractivity contribution in [1.29, 1.82) is 0 Å². The fourth-order valence-electron chi connectivity index (χ4n) is 2.27. The number of hydrogen-bond donors (Lipinski definition) is 0. The van der Waals surface area contributed by atoms with Gasteiger partial charge in [0.25, 0.3) is 5.91 Å². The van der Waals surface area contributed by atoms with E-state index in [1.54, 1.807) is 4.90 Å². The lowest BCUT2D eigenvalue weighted by Gasteiger charge is -2.35. The van der Waals surface area contributed by atoms with Gasteiger partial charge in [-0.2, -0.15) is 13.2 Å². The summed E-state index contributed by atoms with van der Waals surface area (Å²) >= 11 is 0. The SMILES string of the molecule is CC1CN(C(=O)c2ccc(OCC(F)(F)F)nc2)CC(C)O1. The number of pyridine rings is 1. The molecule has 2 rings (SSSR count). The zero-order chi connectivity index (χ0) is 16.3. The molecule has 2 atom stereocenters. The smallest absolute Gasteiger partial charge is 0.422 e. The molecule has 0 radical (unpaired) electrons.